The van der Waals surface area contributed by atoms with Crippen LogP contribution in [0.4, 0.5) is 0 Å². The van der Waals surface area contributed by atoms with Crippen molar-refractivity contribution in [3.05, 3.63) is 0 Å². The minimum atomic E-state index is -0.877. The van der Waals surface area contributed by atoms with E-state index in [1.807, 2.05) is 0 Å². The van der Waals surface area contributed by atoms with E-state index in [1.54, 1.807) is 16.7 Å². The number of carbonyl (C=O) groups excluding carboxylic acids is 1. The van der Waals surface area contributed by atoms with Gasteiger partial charge in [-0.25, -0.2) is 4.79 Å². The summed E-state index contributed by atoms with van der Waals surface area (Å²) >= 11 is 1.60. The van der Waals surface area contributed by atoms with E-state index in [-0.39, 0.29) is 23.1 Å². The number of aliphatic carboxylic acids is 1. The van der Waals surface area contributed by atoms with Crippen LogP contribution in [0.3, 0.4) is 0 Å². The number of rotatable bonds is 4. The molecule has 2 heterocycles. The average Bonchev–Trinajstić information content (AvgIpc) is 2.95. The highest BCUT2D eigenvalue weighted by molar-refractivity contribution is 8.00. The summed E-state index contributed by atoms with van der Waals surface area (Å²) in [6.45, 7) is 5.63. The van der Waals surface area contributed by atoms with Gasteiger partial charge in [-0.3, -0.25) is 4.79 Å². The van der Waals surface area contributed by atoms with Crippen LogP contribution in [0.1, 0.15) is 26.7 Å². The zero-order valence-electron chi connectivity index (χ0n) is 11.5. The molecule has 0 aromatic carbocycles. The average molecular weight is 286 g/mol. The monoisotopic (exact) mass is 286 g/mol. The van der Waals surface area contributed by atoms with Crippen LogP contribution in [0.2, 0.25) is 0 Å². The Kier molecular flexibility index (Phi) is 4.73. The van der Waals surface area contributed by atoms with E-state index in [1.165, 1.54) is 0 Å². The number of nitrogens with zero attached hydrogens (tertiary/aromatic N) is 1. The molecule has 2 rings (SSSR count). The van der Waals surface area contributed by atoms with E-state index < -0.39 is 12.0 Å². The highest BCUT2D eigenvalue weighted by Crippen LogP contribution is 2.35. The quantitative estimate of drug-likeness (QED) is 0.807. The molecule has 0 bridgehead atoms. The molecule has 2 aliphatic heterocycles. The number of amides is 1. The first-order valence-electron chi connectivity index (χ1n) is 6.93. The Labute approximate surface area is 118 Å². The Hall–Kier alpha value is -0.750. The molecule has 0 aliphatic carbocycles. The lowest BCUT2D eigenvalue weighted by Crippen LogP contribution is -2.49. The van der Waals surface area contributed by atoms with Crippen LogP contribution in [0.25, 0.3) is 0 Å². The number of thioether (sulfide) groups is 1. The molecule has 6 heteroatoms. The van der Waals surface area contributed by atoms with Crippen molar-refractivity contribution in [2.24, 2.45) is 11.8 Å². The number of nitrogens with one attached hydrogen (secondary N) is 1. The summed E-state index contributed by atoms with van der Waals surface area (Å²) in [6.07, 6.45) is 1.83. The highest BCUT2D eigenvalue weighted by atomic mass is 32.2. The van der Waals surface area contributed by atoms with Gasteiger partial charge in [0.2, 0.25) is 5.91 Å². The van der Waals surface area contributed by atoms with Gasteiger partial charge in [0.05, 0.1) is 11.3 Å². The third-order valence-electron chi connectivity index (χ3n) is 4.00. The van der Waals surface area contributed by atoms with E-state index >= 15 is 0 Å². The van der Waals surface area contributed by atoms with Crippen molar-refractivity contribution in [2.45, 2.75) is 38.1 Å². The van der Waals surface area contributed by atoms with Gasteiger partial charge in [0, 0.05) is 12.3 Å². The SMILES string of the molecule is CCCC1SCC(C(=O)O)N1C(=O)C1CNCC1C. The first kappa shape index (κ1) is 14.7. The number of carboxylic acid groups (broad SMARTS) is 1. The second-order valence-electron chi connectivity index (χ2n) is 5.42. The molecule has 0 saturated carbocycles. The van der Waals surface area contributed by atoms with Crippen LogP contribution in [-0.4, -0.2) is 52.1 Å². The molecule has 19 heavy (non-hydrogen) atoms. The molecule has 0 spiro atoms. The smallest absolute Gasteiger partial charge is 0.327 e. The fourth-order valence-corrected chi connectivity index (χ4v) is 4.37. The predicted octanol–water partition coefficient (Wildman–Crippen LogP) is 0.997. The molecule has 2 saturated heterocycles. The van der Waals surface area contributed by atoms with Gasteiger partial charge >= 0.3 is 5.97 Å². The van der Waals surface area contributed by atoms with Crippen LogP contribution < -0.4 is 5.32 Å². The summed E-state index contributed by atoms with van der Waals surface area (Å²) in [7, 11) is 0. The van der Waals surface area contributed by atoms with Crippen molar-refractivity contribution >= 4 is 23.6 Å². The molecule has 2 aliphatic rings. The van der Waals surface area contributed by atoms with Gasteiger partial charge in [-0.1, -0.05) is 20.3 Å². The van der Waals surface area contributed by atoms with Crippen LogP contribution in [-0.2, 0) is 9.59 Å². The van der Waals surface area contributed by atoms with Crippen LogP contribution in [0.5, 0.6) is 0 Å². The van der Waals surface area contributed by atoms with E-state index in [4.69, 9.17) is 0 Å². The van der Waals surface area contributed by atoms with Crippen molar-refractivity contribution in [2.75, 3.05) is 18.8 Å². The predicted molar refractivity (Wildman–Crippen MR) is 74.9 cm³/mol. The number of hydrogen-bond donors (Lipinski definition) is 2. The summed E-state index contributed by atoms with van der Waals surface area (Å²) in [5.74, 6) is -0.124. The van der Waals surface area contributed by atoms with Gasteiger partial charge in [-0.2, -0.15) is 0 Å². The second-order valence-corrected chi connectivity index (χ2v) is 6.63. The molecule has 0 radical (unpaired) electrons. The van der Waals surface area contributed by atoms with Crippen molar-refractivity contribution in [3.63, 3.8) is 0 Å². The normalized spacial score (nSPS) is 34.7. The maximum absolute atomic E-state index is 12.7. The van der Waals surface area contributed by atoms with E-state index in [9.17, 15) is 14.7 Å². The Bertz CT molecular complexity index is 364. The van der Waals surface area contributed by atoms with Crippen LogP contribution in [0, 0.1) is 11.8 Å². The van der Waals surface area contributed by atoms with Crippen molar-refractivity contribution in [1.29, 1.82) is 0 Å². The molecule has 2 N–H and O–H groups in total. The third-order valence-corrected chi connectivity index (χ3v) is 5.36. The largest absolute Gasteiger partial charge is 0.480 e. The fourth-order valence-electron chi connectivity index (χ4n) is 2.85. The summed E-state index contributed by atoms with van der Waals surface area (Å²) in [5, 5.41) is 12.6. The van der Waals surface area contributed by atoms with Gasteiger partial charge in [-0.15, -0.1) is 11.8 Å². The molecule has 0 aromatic heterocycles. The standard InChI is InChI=1S/C13H22N2O3S/c1-3-4-11-15(10(7-19-11)13(17)18)12(16)9-6-14-5-8(9)2/h8-11,14H,3-7H2,1-2H3,(H,17,18). The van der Waals surface area contributed by atoms with E-state index in [0.29, 0.717) is 12.3 Å². The zero-order valence-corrected chi connectivity index (χ0v) is 12.3. The molecule has 0 aromatic rings. The number of carbonyl (C=O) groups is 2. The first-order chi connectivity index (χ1) is 9.06. The van der Waals surface area contributed by atoms with E-state index in [2.05, 4.69) is 19.2 Å². The topological polar surface area (TPSA) is 69.6 Å². The van der Waals surface area contributed by atoms with Gasteiger partial charge in [0.1, 0.15) is 6.04 Å². The molecular weight excluding hydrogens is 264 g/mol. The van der Waals surface area contributed by atoms with Crippen LogP contribution >= 0.6 is 11.8 Å². The van der Waals surface area contributed by atoms with Gasteiger partial charge < -0.3 is 15.3 Å². The van der Waals surface area contributed by atoms with Gasteiger partial charge in [-0.05, 0) is 18.9 Å². The summed E-state index contributed by atoms with van der Waals surface area (Å²) in [4.78, 5) is 25.7. The van der Waals surface area contributed by atoms with Gasteiger partial charge in [0.25, 0.3) is 0 Å². The molecule has 4 atom stereocenters. The molecule has 2 fully saturated rings. The fraction of sp³-hybridized carbons (Fsp3) is 0.846. The molecule has 1 amide bonds. The summed E-state index contributed by atoms with van der Waals surface area (Å²) in [5.41, 5.74) is 0. The number of carboxylic acids is 1. The first-order valence-corrected chi connectivity index (χ1v) is 7.98. The van der Waals surface area contributed by atoms with Gasteiger partial charge in [0.15, 0.2) is 0 Å². The highest BCUT2D eigenvalue weighted by Gasteiger charge is 2.44. The molecule has 108 valence electrons. The number of hydrogen-bond acceptors (Lipinski definition) is 4. The zero-order chi connectivity index (χ0) is 14.0. The Morgan fingerprint density at radius 2 is 2.16 bits per heavy atom. The lowest BCUT2D eigenvalue weighted by atomic mass is 9.96. The second kappa shape index (κ2) is 6.13. The lowest BCUT2D eigenvalue weighted by molar-refractivity contribution is -0.151. The Morgan fingerprint density at radius 3 is 2.68 bits per heavy atom. The minimum Gasteiger partial charge on any atom is -0.480 e. The maximum atomic E-state index is 12.7. The van der Waals surface area contributed by atoms with E-state index in [0.717, 1.165) is 19.4 Å². The maximum Gasteiger partial charge on any atom is 0.327 e. The summed E-state index contributed by atoms with van der Waals surface area (Å²) < 4.78 is 0. The Balaban J connectivity index is 2.15. The van der Waals surface area contributed by atoms with Crippen molar-refractivity contribution in [1.82, 2.24) is 10.2 Å². The Morgan fingerprint density at radius 1 is 1.42 bits per heavy atom. The molecule has 5 nitrogen and oxygen atoms in total. The summed E-state index contributed by atoms with van der Waals surface area (Å²) in [6, 6.07) is -0.651. The lowest BCUT2D eigenvalue weighted by Gasteiger charge is -2.30. The molecule has 4 unspecified atom stereocenters. The van der Waals surface area contributed by atoms with Crippen molar-refractivity contribution < 1.29 is 14.7 Å². The van der Waals surface area contributed by atoms with Crippen LogP contribution in [0.15, 0.2) is 0 Å². The van der Waals surface area contributed by atoms with Crippen molar-refractivity contribution in [3.8, 4) is 0 Å². The molecular formula is C13H22N2O3S. The minimum absolute atomic E-state index is 0.0216. The third kappa shape index (κ3) is 2.89.